The number of aromatic nitrogens is 2. The van der Waals surface area contributed by atoms with E-state index in [1.54, 1.807) is 11.3 Å². The number of benzene rings is 2. The molecule has 2 aromatic carbocycles. The quantitative estimate of drug-likeness (QED) is 0.457. The van der Waals surface area contributed by atoms with Crippen molar-refractivity contribution in [3.8, 4) is 0 Å². The summed E-state index contributed by atoms with van der Waals surface area (Å²) in [6, 6.07) is 21.9. The maximum atomic E-state index is 12.9. The van der Waals surface area contributed by atoms with Crippen LogP contribution in [0.2, 0.25) is 0 Å². The van der Waals surface area contributed by atoms with E-state index in [0.717, 1.165) is 55.1 Å². The van der Waals surface area contributed by atoms with Crippen LogP contribution in [0.4, 0.5) is 0 Å². The van der Waals surface area contributed by atoms with Gasteiger partial charge in [0.05, 0.1) is 18.0 Å². The van der Waals surface area contributed by atoms with Gasteiger partial charge in [0.15, 0.2) is 0 Å². The zero-order valence-electron chi connectivity index (χ0n) is 19.4. The maximum absolute atomic E-state index is 12.9. The molecule has 0 atom stereocenters. The fraction of sp³-hybridized carbons (Fsp3) is 0.357. The lowest BCUT2D eigenvalue weighted by Crippen LogP contribution is -2.47. The van der Waals surface area contributed by atoms with E-state index in [0.29, 0.717) is 6.54 Å². The summed E-state index contributed by atoms with van der Waals surface area (Å²) >= 11 is 1.73. The first-order valence-electron chi connectivity index (χ1n) is 12.4. The Morgan fingerprint density at radius 1 is 0.882 bits per heavy atom. The largest absolute Gasteiger partial charge is 0.309 e. The predicted molar refractivity (Wildman–Crippen MR) is 138 cm³/mol. The predicted octanol–water partition coefficient (Wildman–Crippen LogP) is 4.77. The number of piperazine rings is 1. The van der Waals surface area contributed by atoms with Gasteiger partial charge in [-0.3, -0.25) is 14.6 Å². The standard InChI is InChI=1S/C28H30N4OS/c33-27-25-22-13-7-8-14-23(22)34-28(25)30-24(29-27)19-31-15-17-32(18-16-31)26(20-9-3-1-4-10-20)21-11-5-2-6-12-21/h1-6,9-12,26H,7-8,13-19H2,(H,29,30,33). The molecule has 0 saturated carbocycles. The molecule has 1 N–H and O–H groups in total. The third-order valence-electron chi connectivity index (χ3n) is 7.25. The third-order valence-corrected chi connectivity index (χ3v) is 8.44. The Labute approximate surface area is 204 Å². The zero-order valence-corrected chi connectivity index (χ0v) is 20.2. The number of rotatable bonds is 5. The van der Waals surface area contributed by atoms with E-state index < -0.39 is 0 Å². The Hall–Kier alpha value is -2.80. The van der Waals surface area contributed by atoms with Gasteiger partial charge in [-0.25, -0.2) is 4.98 Å². The molecule has 6 heteroatoms. The van der Waals surface area contributed by atoms with Crippen LogP contribution in [-0.2, 0) is 19.4 Å². The third kappa shape index (κ3) is 4.22. The highest BCUT2D eigenvalue weighted by Crippen LogP contribution is 2.34. The summed E-state index contributed by atoms with van der Waals surface area (Å²) in [5.41, 5.74) is 3.97. The fourth-order valence-electron chi connectivity index (χ4n) is 5.56. The minimum Gasteiger partial charge on any atom is -0.309 e. The molecule has 1 aliphatic carbocycles. The Kier molecular flexibility index (Phi) is 6.04. The summed E-state index contributed by atoms with van der Waals surface area (Å²) in [7, 11) is 0. The molecule has 0 bridgehead atoms. The van der Waals surface area contributed by atoms with Crippen LogP contribution in [0.5, 0.6) is 0 Å². The van der Waals surface area contributed by atoms with E-state index in [-0.39, 0.29) is 11.6 Å². The van der Waals surface area contributed by atoms with E-state index in [1.165, 1.54) is 34.4 Å². The van der Waals surface area contributed by atoms with Crippen LogP contribution in [0.15, 0.2) is 65.5 Å². The first kappa shape index (κ1) is 21.7. The van der Waals surface area contributed by atoms with E-state index in [1.807, 2.05) is 0 Å². The summed E-state index contributed by atoms with van der Waals surface area (Å²) in [4.78, 5) is 28.2. The summed E-state index contributed by atoms with van der Waals surface area (Å²) < 4.78 is 0. The lowest BCUT2D eigenvalue weighted by Gasteiger charge is -2.39. The van der Waals surface area contributed by atoms with Crippen LogP contribution in [0.3, 0.4) is 0 Å². The van der Waals surface area contributed by atoms with Crippen molar-refractivity contribution in [3.63, 3.8) is 0 Å². The van der Waals surface area contributed by atoms with Gasteiger partial charge in [-0.1, -0.05) is 60.7 Å². The van der Waals surface area contributed by atoms with Crippen molar-refractivity contribution >= 4 is 21.6 Å². The highest BCUT2D eigenvalue weighted by Gasteiger charge is 2.27. The highest BCUT2D eigenvalue weighted by molar-refractivity contribution is 7.18. The molecule has 0 spiro atoms. The number of nitrogens with zero attached hydrogens (tertiary/aromatic N) is 3. The molecule has 3 heterocycles. The molecular formula is C28H30N4OS. The second-order valence-electron chi connectivity index (χ2n) is 9.44. The zero-order chi connectivity index (χ0) is 22.9. The molecule has 0 amide bonds. The van der Waals surface area contributed by atoms with Crippen LogP contribution < -0.4 is 5.56 Å². The molecule has 0 unspecified atom stereocenters. The first-order chi connectivity index (χ1) is 16.8. The first-order valence-corrected chi connectivity index (χ1v) is 13.2. The molecule has 1 fully saturated rings. The van der Waals surface area contributed by atoms with Gasteiger partial charge >= 0.3 is 0 Å². The van der Waals surface area contributed by atoms with Gasteiger partial charge in [0.25, 0.3) is 5.56 Å². The Morgan fingerprint density at radius 2 is 1.53 bits per heavy atom. The monoisotopic (exact) mass is 470 g/mol. The van der Waals surface area contributed by atoms with Crippen molar-refractivity contribution in [2.75, 3.05) is 26.2 Å². The molecule has 0 radical (unpaired) electrons. The molecule has 1 aliphatic heterocycles. The fourth-order valence-corrected chi connectivity index (χ4v) is 6.84. The molecular weight excluding hydrogens is 440 g/mol. The lowest BCUT2D eigenvalue weighted by atomic mass is 9.96. The van der Waals surface area contributed by atoms with Crippen LogP contribution >= 0.6 is 11.3 Å². The van der Waals surface area contributed by atoms with Crippen molar-refractivity contribution in [2.24, 2.45) is 0 Å². The Morgan fingerprint density at radius 3 is 2.21 bits per heavy atom. The average molecular weight is 471 g/mol. The maximum Gasteiger partial charge on any atom is 0.259 e. The van der Waals surface area contributed by atoms with E-state index in [9.17, 15) is 4.79 Å². The molecule has 1 saturated heterocycles. The highest BCUT2D eigenvalue weighted by atomic mass is 32.1. The van der Waals surface area contributed by atoms with Gasteiger partial charge in [-0.2, -0.15) is 0 Å². The number of aryl methyl sites for hydroxylation is 2. The number of aromatic amines is 1. The second kappa shape index (κ2) is 9.45. The Bertz CT molecular complexity index is 1280. The molecule has 2 aliphatic rings. The summed E-state index contributed by atoms with van der Waals surface area (Å²) in [5.74, 6) is 0.798. The van der Waals surface area contributed by atoms with Crippen molar-refractivity contribution < 1.29 is 0 Å². The van der Waals surface area contributed by atoms with Crippen molar-refractivity contribution in [2.45, 2.75) is 38.3 Å². The van der Waals surface area contributed by atoms with Gasteiger partial charge in [0.1, 0.15) is 10.7 Å². The summed E-state index contributed by atoms with van der Waals surface area (Å²) in [5, 5.41) is 0.849. The molecule has 6 rings (SSSR count). The van der Waals surface area contributed by atoms with Gasteiger partial charge in [0, 0.05) is 31.1 Å². The van der Waals surface area contributed by atoms with E-state index >= 15 is 0 Å². The molecule has 4 aromatic rings. The molecule has 2 aromatic heterocycles. The normalized spacial score (nSPS) is 17.3. The van der Waals surface area contributed by atoms with Crippen molar-refractivity contribution in [3.05, 3.63) is 98.4 Å². The number of hydrogen-bond donors (Lipinski definition) is 1. The Balaban J connectivity index is 1.18. The molecule has 34 heavy (non-hydrogen) atoms. The number of nitrogens with one attached hydrogen (secondary N) is 1. The lowest BCUT2D eigenvalue weighted by molar-refractivity contribution is 0.103. The van der Waals surface area contributed by atoms with Crippen LogP contribution in [0.1, 0.15) is 46.3 Å². The van der Waals surface area contributed by atoms with Crippen molar-refractivity contribution in [1.82, 2.24) is 19.8 Å². The second-order valence-corrected chi connectivity index (χ2v) is 10.5. The topological polar surface area (TPSA) is 52.2 Å². The number of thiophene rings is 1. The van der Waals surface area contributed by atoms with Crippen molar-refractivity contribution in [1.29, 1.82) is 0 Å². The van der Waals surface area contributed by atoms with Crippen LogP contribution in [-0.4, -0.2) is 45.9 Å². The summed E-state index contributed by atoms with van der Waals surface area (Å²) in [6.45, 7) is 4.57. The molecule has 174 valence electrons. The smallest absolute Gasteiger partial charge is 0.259 e. The van der Waals surface area contributed by atoms with Gasteiger partial charge in [0.2, 0.25) is 0 Å². The van der Waals surface area contributed by atoms with Gasteiger partial charge in [-0.05, 0) is 42.4 Å². The van der Waals surface area contributed by atoms with Gasteiger partial charge < -0.3 is 4.98 Å². The number of H-pyrrole nitrogens is 1. The average Bonchev–Trinajstić information content (AvgIpc) is 3.25. The minimum atomic E-state index is 0.0475. The van der Waals surface area contributed by atoms with E-state index in [2.05, 4.69) is 75.4 Å². The van der Waals surface area contributed by atoms with Gasteiger partial charge in [-0.15, -0.1) is 11.3 Å². The number of hydrogen-bond acceptors (Lipinski definition) is 5. The van der Waals surface area contributed by atoms with Crippen LogP contribution in [0, 0.1) is 0 Å². The van der Waals surface area contributed by atoms with Crippen LogP contribution in [0.25, 0.3) is 10.2 Å². The van der Waals surface area contributed by atoms with E-state index in [4.69, 9.17) is 4.98 Å². The molecule has 5 nitrogen and oxygen atoms in total. The minimum absolute atomic E-state index is 0.0475. The summed E-state index contributed by atoms with van der Waals surface area (Å²) in [6.07, 6.45) is 4.52. The SMILES string of the molecule is O=c1[nH]c(CN2CCN(C(c3ccccc3)c3ccccc3)CC2)nc2sc3c(c12)CCCC3. The number of fused-ring (bicyclic) bond motifs is 3.